The van der Waals surface area contributed by atoms with Crippen LogP contribution in [-0.4, -0.2) is 11.2 Å². The lowest BCUT2D eigenvalue weighted by molar-refractivity contribution is 0.366. The van der Waals surface area contributed by atoms with Gasteiger partial charge < -0.3 is 4.52 Å². The molecule has 2 unspecified atom stereocenters. The molecule has 0 saturated carbocycles. The van der Waals surface area contributed by atoms with Crippen molar-refractivity contribution in [1.29, 1.82) is 0 Å². The van der Waals surface area contributed by atoms with Gasteiger partial charge in [-0.2, -0.15) is 0 Å². The highest BCUT2D eigenvalue weighted by atomic mass is 16.5. The van der Waals surface area contributed by atoms with Gasteiger partial charge in [-0.15, -0.1) is 0 Å². The van der Waals surface area contributed by atoms with Crippen LogP contribution in [0.3, 0.4) is 0 Å². The predicted octanol–water partition coefficient (Wildman–Crippen LogP) is 1.58. The van der Waals surface area contributed by atoms with Crippen LogP contribution in [0.25, 0.3) is 0 Å². The van der Waals surface area contributed by atoms with Gasteiger partial charge in [-0.25, -0.2) is 0 Å². The van der Waals surface area contributed by atoms with E-state index in [1.54, 1.807) is 6.26 Å². The van der Waals surface area contributed by atoms with Gasteiger partial charge in [0.1, 0.15) is 12.0 Å². The Bertz CT molecular complexity index is 331. The fourth-order valence-electron chi connectivity index (χ4n) is 2.38. The first-order valence-corrected chi connectivity index (χ1v) is 4.75. The summed E-state index contributed by atoms with van der Waals surface area (Å²) in [6.07, 6.45) is 9.65. The number of aromatic nitrogens is 1. The van der Waals surface area contributed by atoms with Crippen LogP contribution in [0.2, 0.25) is 0 Å². The Morgan fingerprint density at radius 2 is 2.62 bits per heavy atom. The predicted molar refractivity (Wildman–Crippen MR) is 48.1 cm³/mol. The summed E-state index contributed by atoms with van der Waals surface area (Å²) in [5.74, 6) is 0. The van der Waals surface area contributed by atoms with E-state index in [2.05, 4.69) is 22.6 Å². The van der Waals surface area contributed by atoms with Crippen molar-refractivity contribution in [2.75, 3.05) is 0 Å². The van der Waals surface area contributed by atoms with E-state index in [9.17, 15) is 0 Å². The highest BCUT2D eigenvalue weighted by Gasteiger charge is 2.41. The van der Waals surface area contributed by atoms with Crippen LogP contribution in [0.4, 0.5) is 0 Å². The molecule has 0 amide bonds. The van der Waals surface area contributed by atoms with Crippen molar-refractivity contribution < 1.29 is 4.52 Å². The molecule has 0 spiro atoms. The standard InChI is InChI=1S/C10H12N2O/c1-2-8-3-6-10(5-1,11-8)9-4-7-13-12-9/h1,4-5,7-8,11H,2-3,6H2. The van der Waals surface area contributed by atoms with Gasteiger partial charge in [0.25, 0.3) is 0 Å². The molecule has 1 aromatic heterocycles. The topological polar surface area (TPSA) is 38.1 Å². The fourth-order valence-corrected chi connectivity index (χ4v) is 2.38. The van der Waals surface area contributed by atoms with Crippen LogP contribution in [0.15, 0.2) is 29.0 Å². The largest absolute Gasteiger partial charge is 0.364 e. The third-order valence-electron chi connectivity index (χ3n) is 3.07. The number of rotatable bonds is 1. The Balaban J connectivity index is 2.05. The Morgan fingerprint density at radius 1 is 1.62 bits per heavy atom. The lowest BCUT2D eigenvalue weighted by Crippen LogP contribution is -2.41. The lowest BCUT2D eigenvalue weighted by Gasteiger charge is -2.27. The van der Waals surface area contributed by atoms with Crippen LogP contribution in [-0.2, 0) is 5.54 Å². The molecule has 1 saturated heterocycles. The van der Waals surface area contributed by atoms with Crippen LogP contribution in [0.1, 0.15) is 25.0 Å². The second-order valence-corrected chi connectivity index (χ2v) is 3.87. The third-order valence-corrected chi connectivity index (χ3v) is 3.07. The second-order valence-electron chi connectivity index (χ2n) is 3.87. The van der Waals surface area contributed by atoms with Gasteiger partial charge >= 0.3 is 0 Å². The molecule has 1 aromatic rings. The molecule has 0 radical (unpaired) electrons. The smallest absolute Gasteiger partial charge is 0.124 e. The summed E-state index contributed by atoms with van der Waals surface area (Å²) < 4.78 is 4.89. The van der Waals surface area contributed by atoms with Crippen molar-refractivity contribution in [2.24, 2.45) is 0 Å². The first kappa shape index (κ1) is 7.33. The maximum atomic E-state index is 4.89. The van der Waals surface area contributed by atoms with Crippen LogP contribution in [0.5, 0.6) is 0 Å². The van der Waals surface area contributed by atoms with E-state index in [0.717, 1.165) is 18.5 Å². The molecule has 13 heavy (non-hydrogen) atoms. The molecule has 2 aliphatic rings. The molecule has 2 atom stereocenters. The molecule has 2 aliphatic heterocycles. The summed E-state index contributed by atoms with van der Waals surface area (Å²) >= 11 is 0. The second kappa shape index (κ2) is 2.45. The van der Waals surface area contributed by atoms with Crippen LogP contribution >= 0.6 is 0 Å². The van der Waals surface area contributed by atoms with Crippen molar-refractivity contribution >= 4 is 0 Å². The van der Waals surface area contributed by atoms with E-state index in [1.165, 1.54) is 6.42 Å². The third kappa shape index (κ3) is 0.968. The van der Waals surface area contributed by atoms with Gasteiger partial charge in [0.15, 0.2) is 0 Å². The van der Waals surface area contributed by atoms with Gasteiger partial charge in [-0.3, -0.25) is 5.32 Å². The monoisotopic (exact) mass is 176 g/mol. The minimum Gasteiger partial charge on any atom is -0.364 e. The molecule has 1 fully saturated rings. The normalized spacial score (nSPS) is 36.8. The summed E-state index contributed by atoms with van der Waals surface area (Å²) in [4.78, 5) is 0. The SMILES string of the molecule is C1=CC2(c3ccon3)CCC(C1)N2. The average Bonchev–Trinajstić information content (AvgIpc) is 2.75. The van der Waals surface area contributed by atoms with E-state index in [0.29, 0.717) is 6.04 Å². The number of nitrogens with zero attached hydrogens (tertiary/aromatic N) is 1. The Hall–Kier alpha value is -1.09. The van der Waals surface area contributed by atoms with E-state index in [-0.39, 0.29) is 5.54 Å². The molecule has 0 aromatic carbocycles. The Kier molecular flexibility index (Phi) is 1.38. The molecule has 3 rings (SSSR count). The Morgan fingerprint density at radius 3 is 3.46 bits per heavy atom. The lowest BCUT2D eigenvalue weighted by atomic mass is 9.93. The highest BCUT2D eigenvalue weighted by Crippen LogP contribution is 2.37. The number of hydrogen-bond acceptors (Lipinski definition) is 3. The van der Waals surface area contributed by atoms with Gasteiger partial charge in [0.2, 0.25) is 0 Å². The minimum absolute atomic E-state index is 0.0179. The van der Waals surface area contributed by atoms with Crippen LogP contribution in [0, 0.1) is 0 Å². The minimum atomic E-state index is -0.0179. The molecule has 0 aliphatic carbocycles. The molecule has 3 heterocycles. The zero-order valence-corrected chi connectivity index (χ0v) is 7.36. The van der Waals surface area contributed by atoms with Gasteiger partial charge in [0, 0.05) is 12.1 Å². The number of nitrogens with one attached hydrogen (secondary N) is 1. The Labute approximate surface area is 76.8 Å². The maximum absolute atomic E-state index is 4.89. The highest BCUT2D eigenvalue weighted by molar-refractivity contribution is 5.27. The summed E-state index contributed by atoms with van der Waals surface area (Å²) in [6.45, 7) is 0. The summed E-state index contributed by atoms with van der Waals surface area (Å²) in [7, 11) is 0. The van der Waals surface area contributed by atoms with E-state index in [1.807, 2.05) is 6.07 Å². The number of hydrogen-bond donors (Lipinski definition) is 1. The van der Waals surface area contributed by atoms with Gasteiger partial charge in [-0.1, -0.05) is 17.3 Å². The summed E-state index contributed by atoms with van der Waals surface area (Å²) in [6, 6.07) is 2.59. The zero-order chi connectivity index (χ0) is 8.73. The summed E-state index contributed by atoms with van der Waals surface area (Å²) in [5.41, 5.74) is 1.00. The van der Waals surface area contributed by atoms with Crippen molar-refractivity contribution in [3.05, 3.63) is 30.2 Å². The van der Waals surface area contributed by atoms with E-state index in [4.69, 9.17) is 4.52 Å². The van der Waals surface area contributed by atoms with Gasteiger partial charge in [-0.05, 0) is 19.3 Å². The number of fused-ring (bicyclic) bond motifs is 2. The molecule has 2 bridgehead atoms. The first-order chi connectivity index (χ1) is 6.39. The quantitative estimate of drug-likeness (QED) is 0.660. The van der Waals surface area contributed by atoms with Crippen molar-refractivity contribution in [2.45, 2.75) is 30.8 Å². The van der Waals surface area contributed by atoms with Crippen molar-refractivity contribution in [3.63, 3.8) is 0 Å². The molecular weight excluding hydrogens is 164 g/mol. The fraction of sp³-hybridized carbons (Fsp3) is 0.500. The van der Waals surface area contributed by atoms with E-state index < -0.39 is 0 Å². The molecular formula is C10H12N2O. The van der Waals surface area contributed by atoms with E-state index >= 15 is 0 Å². The maximum Gasteiger partial charge on any atom is 0.124 e. The average molecular weight is 176 g/mol. The molecule has 3 nitrogen and oxygen atoms in total. The van der Waals surface area contributed by atoms with Crippen molar-refractivity contribution in [3.8, 4) is 0 Å². The molecule has 68 valence electrons. The van der Waals surface area contributed by atoms with Gasteiger partial charge in [0.05, 0.1) is 5.54 Å². The summed E-state index contributed by atoms with van der Waals surface area (Å²) in [5, 5.41) is 7.62. The van der Waals surface area contributed by atoms with Crippen LogP contribution < -0.4 is 5.32 Å². The molecule has 3 heteroatoms. The first-order valence-electron chi connectivity index (χ1n) is 4.75. The zero-order valence-electron chi connectivity index (χ0n) is 7.36. The molecule has 1 N–H and O–H groups in total. The van der Waals surface area contributed by atoms with Crippen molar-refractivity contribution in [1.82, 2.24) is 10.5 Å².